The maximum atomic E-state index is 12.7. The minimum absolute atomic E-state index is 0.0171. The molecule has 176 valence electrons. The maximum Gasteiger partial charge on any atom is 0.275 e. The third-order valence-corrected chi connectivity index (χ3v) is 6.12. The monoisotopic (exact) mass is 571 g/mol. The minimum atomic E-state index is -1.47. The van der Waals surface area contributed by atoms with Gasteiger partial charge in [-0.05, 0) is 40.3 Å². The van der Waals surface area contributed by atoms with Gasteiger partial charge in [0.15, 0.2) is 23.8 Å². The Morgan fingerprint density at radius 2 is 2.09 bits per heavy atom. The minimum Gasteiger partial charge on any atom is -0.398 e. The summed E-state index contributed by atoms with van der Waals surface area (Å²) in [5, 5.41) is 21.4. The van der Waals surface area contributed by atoms with Crippen LogP contribution in [0.4, 0.5) is 11.5 Å². The summed E-state index contributed by atoms with van der Waals surface area (Å²) in [5.41, 5.74) is 15.8. The molecule has 1 aliphatic heterocycles. The highest BCUT2D eigenvalue weighted by molar-refractivity contribution is 14.1. The zero-order chi connectivity index (χ0) is 23.7. The van der Waals surface area contributed by atoms with E-state index < -0.39 is 36.6 Å². The summed E-state index contributed by atoms with van der Waals surface area (Å²) >= 11 is 2.09. The van der Waals surface area contributed by atoms with Crippen molar-refractivity contribution in [1.29, 1.82) is 0 Å². The first-order valence-electron chi connectivity index (χ1n) is 9.74. The van der Waals surface area contributed by atoms with Crippen LogP contribution >= 0.6 is 22.6 Å². The number of hydrogen-bond donors (Lipinski definition) is 5. The molecule has 1 aromatic carbocycles. The maximum absolute atomic E-state index is 12.7. The van der Waals surface area contributed by atoms with Crippen LogP contribution in [-0.2, 0) is 25.7 Å². The smallest absolute Gasteiger partial charge is 0.275 e. The molecule has 1 unspecified atom stereocenters. The van der Waals surface area contributed by atoms with Gasteiger partial charge >= 0.3 is 0 Å². The van der Waals surface area contributed by atoms with Gasteiger partial charge in [-0.2, -0.15) is 0 Å². The summed E-state index contributed by atoms with van der Waals surface area (Å²) in [4.78, 5) is 29.5. The highest BCUT2D eigenvalue weighted by Crippen LogP contribution is 2.34. The molecule has 33 heavy (non-hydrogen) atoms. The number of aliphatic hydroxyl groups is 2. The third kappa shape index (κ3) is 4.57. The van der Waals surface area contributed by atoms with Gasteiger partial charge in [-0.25, -0.2) is 20.4 Å². The number of nitrogens with two attached hydrogens (primary N) is 2. The van der Waals surface area contributed by atoms with E-state index in [4.69, 9.17) is 25.8 Å². The summed E-state index contributed by atoms with van der Waals surface area (Å²) in [6.45, 7) is 0.0171. The largest absolute Gasteiger partial charge is 0.398 e. The highest BCUT2D eigenvalue weighted by atomic mass is 127. The first kappa shape index (κ1) is 23.5. The first-order chi connectivity index (χ1) is 15.8. The van der Waals surface area contributed by atoms with Crippen LogP contribution in [0.1, 0.15) is 11.8 Å². The van der Waals surface area contributed by atoms with Crippen molar-refractivity contribution in [3.8, 4) is 0 Å². The zero-order valence-electron chi connectivity index (χ0n) is 17.3. The number of aliphatic hydroxyl groups excluding tert-OH is 2. The van der Waals surface area contributed by atoms with Crippen molar-refractivity contribution in [3.63, 3.8) is 0 Å². The molecule has 3 heterocycles. The number of imidazole rings is 1. The number of nitrogen functional groups attached to an aromatic ring is 2. The van der Waals surface area contributed by atoms with Crippen molar-refractivity contribution in [2.24, 2.45) is 0 Å². The number of amides is 1. The van der Waals surface area contributed by atoms with Gasteiger partial charge in [-0.15, -0.1) is 0 Å². The van der Waals surface area contributed by atoms with Crippen molar-refractivity contribution in [2.45, 2.75) is 37.3 Å². The number of anilines is 2. The van der Waals surface area contributed by atoms with Crippen molar-refractivity contribution >= 4 is 51.2 Å². The van der Waals surface area contributed by atoms with Crippen LogP contribution in [0.5, 0.6) is 0 Å². The number of halogens is 1. The van der Waals surface area contributed by atoms with Crippen LogP contribution in [0.25, 0.3) is 11.2 Å². The second kappa shape index (κ2) is 9.70. The van der Waals surface area contributed by atoms with Crippen LogP contribution in [0.2, 0.25) is 0 Å². The van der Waals surface area contributed by atoms with Gasteiger partial charge in [-0.3, -0.25) is 14.2 Å². The van der Waals surface area contributed by atoms with Gasteiger partial charge in [0.25, 0.3) is 5.91 Å². The summed E-state index contributed by atoms with van der Waals surface area (Å²) in [6, 6.07) is 5.30. The highest BCUT2D eigenvalue weighted by Gasteiger charge is 2.50. The molecule has 0 radical (unpaired) electrons. The molecule has 1 aliphatic rings. The van der Waals surface area contributed by atoms with E-state index in [1.165, 1.54) is 24.3 Å². The lowest BCUT2D eigenvalue weighted by atomic mass is 10.0. The van der Waals surface area contributed by atoms with Crippen LogP contribution < -0.4 is 16.9 Å². The van der Waals surface area contributed by atoms with E-state index in [0.29, 0.717) is 16.9 Å². The molecule has 0 bridgehead atoms. The number of hydrogen-bond acceptors (Lipinski definition) is 11. The number of nitrogens with zero attached hydrogens (tertiary/aromatic N) is 4. The van der Waals surface area contributed by atoms with Crippen LogP contribution in [-0.4, -0.2) is 67.2 Å². The number of carbonyl (C=O) groups is 1. The Bertz CT molecular complexity index is 1160. The third-order valence-electron chi connectivity index (χ3n) is 5.19. The molecule has 1 amide bonds. The fourth-order valence-electron chi connectivity index (χ4n) is 3.55. The zero-order valence-corrected chi connectivity index (χ0v) is 19.5. The first-order valence-corrected chi connectivity index (χ1v) is 10.8. The second-order valence-electron chi connectivity index (χ2n) is 7.31. The topological polar surface area (TPSA) is 193 Å². The Balaban J connectivity index is 1.59. The van der Waals surface area contributed by atoms with E-state index >= 15 is 0 Å². The van der Waals surface area contributed by atoms with E-state index in [2.05, 4.69) is 43.0 Å². The van der Waals surface area contributed by atoms with Gasteiger partial charge in [0.2, 0.25) is 0 Å². The van der Waals surface area contributed by atoms with Gasteiger partial charge in [0, 0.05) is 9.26 Å². The number of fused-ring (bicyclic) bond motifs is 1. The van der Waals surface area contributed by atoms with Gasteiger partial charge in [0.1, 0.15) is 30.2 Å². The number of nitrogens with one attached hydrogen (secondary N) is 1. The average molecular weight is 571 g/mol. The van der Waals surface area contributed by atoms with E-state index in [1.54, 1.807) is 12.1 Å². The fourth-order valence-corrected chi connectivity index (χ4v) is 4.13. The number of aromatic nitrogens is 4. The van der Waals surface area contributed by atoms with Crippen molar-refractivity contribution in [2.75, 3.05) is 18.6 Å². The standard InChI is InChI=1S/C19H22IN7O6/c1-31-26-18(30)15(32-5-8-2-3-10(21)9(20)4-8)14-12(28)13(29)19(33-14)27-7-25-11-16(22)23-6-24-17(11)27/h2-4,6-7,12-15,19,28-29H,5,21H2,1H3,(H,26,30)(H2,22,23,24)/t12-,13+,14-,15?,19+/m0/s1. The molecule has 2 aromatic heterocycles. The molecule has 13 nitrogen and oxygen atoms in total. The van der Waals surface area contributed by atoms with Crippen LogP contribution in [0.3, 0.4) is 0 Å². The molecule has 0 saturated carbocycles. The Morgan fingerprint density at radius 3 is 2.82 bits per heavy atom. The molecule has 4 rings (SSSR count). The van der Waals surface area contributed by atoms with Crippen molar-refractivity contribution in [1.82, 2.24) is 25.0 Å². The molecule has 7 N–H and O–H groups in total. The fraction of sp³-hybridized carbons (Fsp3) is 0.368. The lowest BCUT2D eigenvalue weighted by molar-refractivity contribution is -0.162. The Labute approximate surface area is 201 Å². The molecule has 5 atom stereocenters. The van der Waals surface area contributed by atoms with Gasteiger partial charge < -0.3 is 31.2 Å². The average Bonchev–Trinajstić information content (AvgIpc) is 3.34. The molecule has 14 heteroatoms. The van der Waals surface area contributed by atoms with Crippen LogP contribution in [0, 0.1) is 3.57 Å². The lowest BCUT2D eigenvalue weighted by Gasteiger charge is -2.24. The Hall–Kier alpha value is -2.63. The number of hydroxylamine groups is 1. The molecule has 0 spiro atoms. The van der Waals surface area contributed by atoms with Crippen molar-refractivity contribution in [3.05, 3.63) is 40.0 Å². The number of rotatable bonds is 7. The molecule has 3 aromatic rings. The predicted molar refractivity (Wildman–Crippen MR) is 123 cm³/mol. The predicted octanol–water partition coefficient (Wildman–Crippen LogP) is -0.522. The van der Waals surface area contributed by atoms with E-state index in [0.717, 1.165) is 9.13 Å². The van der Waals surface area contributed by atoms with Crippen LogP contribution in [0.15, 0.2) is 30.9 Å². The number of benzene rings is 1. The summed E-state index contributed by atoms with van der Waals surface area (Å²) < 4.78 is 13.9. The SMILES string of the molecule is CONC(=O)C(OCc1ccc(N)c(I)c1)[C@H]1O[C@@H](n2cnc3c(N)ncnc32)[C@H](O)[C@@H]1O. The summed E-state index contributed by atoms with van der Waals surface area (Å²) in [5.74, 6) is -0.538. The molecule has 1 fully saturated rings. The number of ether oxygens (including phenoxy) is 2. The Morgan fingerprint density at radius 1 is 1.30 bits per heavy atom. The summed E-state index contributed by atoms with van der Waals surface area (Å²) in [6.07, 6.45) is -3.93. The molecule has 0 aliphatic carbocycles. The Kier molecular flexibility index (Phi) is 6.91. The lowest BCUT2D eigenvalue weighted by Crippen LogP contribution is -2.48. The van der Waals surface area contributed by atoms with E-state index in [9.17, 15) is 15.0 Å². The quantitative estimate of drug-likeness (QED) is 0.139. The van der Waals surface area contributed by atoms with Gasteiger partial charge in [0.05, 0.1) is 20.0 Å². The van der Waals surface area contributed by atoms with Gasteiger partial charge in [-0.1, -0.05) is 6.07 Å². The molecular weight excluding hydrogens is 549 g/mol. The molecule has 1 saturated heterocycles. The molecular formula is C19H22IN7O6. The normalized spacial score (nSPS) is 23.6. The number of carbonyl (C=O) groups excluding carboxylic acids is 1. The second-order valence-corrected chi connectivity index (χ2v) is 8.48. The summed E-state index contributed by atoms with van der Waals surface area (Å²) in [7, 11) is 1.27. The van der Waals surface area contributed by atoms with Crippen molar-refractivity contribution < 1.29 is 29.3 Å². The van der Waals surface area contributed by atoms with E-state index in [1.807, 2.05) is 6.07 Å². The van der Waals surface area contributed by atoms with E-state index in [-0.39, 0.29) is 12.4 Å².